The summed E-state index contributed by atoms with van der Waals surface area (Å²) in [4.78, 5) is 8.63. The third kappa shape index (κ3) is 2.15. The Kier molecular flexibility index (Phi) is 2.36. The van der Waals surface area contributed by atoms with Crippen LogP contribution in [-0.2, 0) is 12.8 Å². The van der Waals surface area contributed by atoms with Crippen molar-refractivity contribution in [1.82, 2.24) is 19.6 Å². The van der Waals surface area contributed by atoms with E-state index in [2.05, 4.69) is 15.1 Å². The van der Waals surface area contributed by atoms with E-state index in [1.54, 1.807) is 4.52 Å². The van der Waals surface area contributed by atoms with E-state index in [1.807, 2.05) is 19.3 Å². The van der Waals surface area contributed by atoms with Crippen LogP contribution in [0.3, 0.4) is 0 Å². The van der Waals surface area contributed by atoms with Gasteiger partial charge in [0.05, 0.1) is 0 Å². The second-order valence-corrected chi connectivity index (χ2v) is 4.95. The molecule has 0 spiro atoms. The monoisotopic (exact) mass is 231 g/mol. The Morgan fingerprint density at radius 3 is 3.00 bits per heavy atom. The topological polar surface area (TPSA) is 69.1 Å². The summed E-state index contributed by atoms with van der Waals surface area (Å²) in [6, 6.07) is 0. The van der Waals surface area contributed by atoms with Crippen LogP contribution in [0.5, 0.6) is 0 Å². The first-order valence-corrected chi connectivity index (χ1v) is 6.18. The molecule has 1 aliphatic carbocycles. The van der Waals surface area contributed by atoms with Crippen molar-refractivity contribution in [1.29, 1.82) is 0 Å². The van der Waals surface area contributed by atoms with Gasteiger partial charge in [0.25, 0.3) is 5.78 Å². The molecule has 2 aromatic heterocycles. The van der Waals surface area contributed by atoms with Gasteiger partial charge >= 0.3 is 0 Å². The van der Waals surface area contributed by atoms with Crippen molar-refractivity contribution in [3.05, 3.63) is 23.8 Å². The van der Waals surface area contributed by atoms with E-state index in [4.69, 9.17) is 5.73 Å². The molecule has 2 N–H and O–H groups in total. The Morgan fingerprint density at radius 1 is 1.47 bits per heavy atom. The predicted octanol–water partition coefficient (Wildman–Crippen LogP) is 1.11. The van der Waals surface area contributed by atoms with Crippen LogP contribution in [0.2, 0.25) is 0 Å². The maximum atomic E-state index is 6.08. The van der Waals surface area contributed by atoms with E-state index in [0.717, 1.165) is 37.9 Å². The van der Waals surface area contributed by atoms with Crippen LogP contribution in [0, 0.1) is 0 Å². The van der Waals surface area contributed by atoms with Gasteiger partial charge in [-0.15, -0.1) is 5.10 Å². The van der Waals surface area contributed by atoms with Gasteiger partial charge in [0.1, 0.15) is 0 Å². The van der Waals surface area contributed by atoms with Crippen LogP contribution < -0.4 is 5.73 Å². The molecule has 0 bridgehead atoms. The predicted molar refractivity (Wildman–Crippen MR) is 64.6 cm³/mol. The molecule has 0 aliphatic heterocycles. The highest BCUT2D eigenvalue weighted by molar-refractivity contribution is 5.27. The van der Waals surface area contributed by atoms with Crippen molar-refractivity contribution in [2.24, 2.45) is 5.73 Å². The second kappa shape index (κ2) is 3.77. The fourth-order valence-corrected chi connectivity index (χ4v) is 1.95. The molecule has 5 heteroatoms. The molecule has 0 saturated heterocycles. The fourth-order valence-electron chi connectivity index (χ4n) is 1.95. The lowest BCUT2D eigenvalue weighted by Gasteiger charge is -2.07. The highest BCUT2D eigenvalue weighted by atomic mass is 15.3. The SMILES string of the molecule is CCc1nc2ncc(CCC3(N)CC3)cn2n1. The summed E-state index contributed by atoms with van der Waals surface area (Å²) in [6.07, 6.45) is 9.06. The zero-order valence-electron chi connectivity index (χ0n) is 10.1. The van der Waals surface area contributed by atoms with Crippen molar-refractivity contribution in [2.45, 2.75) is 44.6 Å². The largest absolute Gasteiger partial charge is 0.325 e. The van der Waals surface area contributed by atoms with Crippen molar-refractivity contribution in [3.8, 4) is 0 Å². The quantitative estimate of drug-likeness (QED) is 0.855. The molecule has 1 aliphatic rings. The molecule has 0 unspecified atom stereocenters. The normalized spacial score (nSPS) is 17.5. The van der Waals surface area contributed by atoms with Crippen LogP contribution in [0.15, 0.2) is 12.4 Å². The molecule has 2 aromatic rings. The van der Waals surface area contributed by atoms with E-state index >= 15 is 0 Å². The number of hydrogen-bond donors (Lipinski definition) is 1. The first-order chi connectivity index (χ1) is 8.18. The van der Waals surface area contributed by atoms with Crippen molar-refractivity contribution < 1.29 is 0 Å². The summed E-state index contributed by atoms with van der Waals surface area (Å²) in [6.45, 7) is 2.04. The first kappa shape index (κ1) is 10.7. The van der Waals surface area contributed by atoms with Gasteiger partial charge in [-0.1, -0.05) is 6.92 Å². The molecule has 17 heavy (non-hydrogen) atoms. The number of rotatable bonds is 4. The molecule has 0 amide bonds. The highest BCUT2D eigenvalue weighted by Crippen LogP contribution is 2.36. The minimum Gasteiger partial charge on any atom is -0.325 e. The van der Waals surface area contributed by atoms with E-state index in [-0.39, 0.29) is 5.54 Å². The zero-order chi connectivity index (χ0) is 11.9. The second-order valence-electron chi connectivity index (χ2n) is 4.95. The molecule has 5 nitrogen and oxygen atoms in total. The Hall–Kier alpha value is -1.49. The van der Waals surface area contributed by atoms with Gasteiger partial charge in [-0.3, -0.25) is 0 Å². The van der Waals surface area contributed by atoms with Gasteiger partial charge in [-0.05, 0) is 31.2 Å². The minimum atomic E-state index is 0.103. The minimum absolute atomic E-state index is 0.103. The zero-order valence-corrected chi connectivity index (χ0v) is 10.1. The highest BCUT2D eigenvalue weighted by Gasteiger charge is 2.37. The molecule has 1 fully saturated rings. The van der Waals surface area contributed by atoms with Crippen LogP contribution in [0.4, 0.5) is 0 Å². The summed E-state index contributed by atoms with van der Waals surface area (Å²) in [7, 11) is 0. The summed E-state index contributed by atoms with van der Waals surface area (Å²) in [5.74, 6) is 1.52. The summed E-state index contributed by atoms with van der Waals surface area (Å²) >= 11 is 0. The Labute approximate surface area is 100 Å². The van der Waals surface area contributed by atoms with Gasteiger partial charge in [0.2, 0.25) is 0 Å². The average Bonchev–Trinajstić information content (AvgIpc) is 2.93. The molecule has 0 atom stereocenters. The van der Waals surface area contributed by atoms with Crippen molar-refractivity contribution >= 4 is 5.78 Å². The lowest BCUT2D eigenvalue weighted by molar-refractivity contribution is 0.606. The van der Waals surface area contributed by atoms with E-state index in [1.165, 1.54) is 5.56 Å². The third-order valence-electron chi connectivity index (χ3n) is 3.41. The van der Waals surface area contributed by atoms with E-state index in [0.29, 0.717) is 5.78 Å². The molecular weight excluding hydrogens is 214 g/mol. The van der Waals surface area contributed by atoms with Gasteiger partial charge in [-0.2, -0.15) is 4.98 Å². The third-order valence-corrected chi connectivity index (χ3v) is 3.41. The van der Waals surface area contributed by atoms with Gasteiger partial charge in [-0.25, -0.2) is 9.50 Å². The van der Waals surface area contributed by atoms with Crippen LogP contribution in [0.1, 0.15) is 37.6 Å². The van der Waals surface area contributed by atoms with Gasteiger partial charge in [0, 0.05) is 24.4 Å². The van der Waals surface area contributed by atoms with E-state index in [9.17, 15) is 0 Å². The number of aryl methyl sites for hydroxylation is 2. The number of nitrogens with two attached hydrogens (primary N) is 1. The Bertz CT molecular complexity index is 541. The standard InChI is InChI=1S/C12H17N5/c1-2-10-15-11-14-7-9(8-17(11)16-10)3-4-12(13)5-6-12/h7-8H,2-6,13H2,1H3. The first-order valence-electron chi connectivity index (χ1n) is 6.18. The maximum absolute atomic E-state index is 6.08. The molecule has 2 heterocycles. The van der Waals surface area contributed by atoms with Gasteiger partial charge < -0.3 is 5.73 Å². The number of aromatic nitrogens is 4. The maximum Gasteiger partial charge on any atom is 0.252 e. The number of hydrogen-bond acceptors (Lipinski definition) is 4. The van der Waals surface area contributed by atoms with Crippen LogP contribution >= 0.6 is 0 Å². The summed E-state index contributed by atoms with van der Waals surface area (Å²) < 4.78 is 1.77. The van der Waals surface area contributed by atoms with Crippen LogP contribution in [0.25, 0.3) is 5.78 Å². The summed E-state index contributed by atoms with van der Waals surface area (Å²) in [5.41, 5.74) is 7.36. The average molecular weight is 231 g/mol. The number of fused-ring (bicyclic) bond motifs is 1. The Balaban J connectivity index is 1.80. The molecule has 0 radical (unpaired) electrons. The van der Waals surface area contributed by atoms with Gasteiger partial charge in [0.15, 0.2) is 5.82 Å². The van der Waals surface area contributed by atoms with Crippen molar-refractivity contribution in [3.63, 3.8) is 0 Å². The Morgan fingerprint density at radius 2 is 2.29 bits per heavy atom. The van der Waals surface area contributed by atoms with Crippen molar-refractivity contribution in [2.75, 3.05) is 0 Å². The molecule has 3 rings (SSSR count). The lowest BCUT2D eigenvalue weighted by atomic mass is 10.1. The summed E-state index contributed by atoms with van der Waals surface area (Å²) in [5, 5.41) is 4.36. The molecule has 1 saturated carbocycles. The molecule has 0 aromatic carbocycles. The smallest absolute Gasteiger partial charge is 0.252 e. The lowest BCUT2D eigenvalue weighted by Crippen LogP contribution is -2.22. The molecule has 90 valence electrons. The molecular formula is C12H17N5. The fraction of sp³-hybridized carbons (Fsp3) is 0.583. The van der Waals surface area contributed by atoms with Crippen LogP contribution in [-0.4, -0.2) is 25.1 Å². The number of nitrogens with zero attached hydrogens (tertiary/aromatic N) is 4. The van der Waals surface area contributed by atoms with E-state index < -0.39 is 0 Å².